The fourth-order valence-electron chi connectivity index (χ4n) is 3.00. The van der Waals surface area contributed by atoms with Gasteiger partial charge in [-0.15, -0.1) is 0 Å². The molecule has 0 amide bonds. The van der Waals surface area contributed by atoms with Crippen LogP contribution in [0.3, 0.4) is 0 Å². The molecule has 0 aromatic rings. The lowest BCUT2D eigenvalue weighted by atomic mass is 9.93. The predicted octanol–water partition coefficient (Wildman–Crippen LogP) is 2.93. The monoisotopic (exact) mass is 258 g/mol. The van der Waals surface area contributed by atoms with Crippen molar-refractivity contribution in [1.29, 1.82) is 0 Å². The molecule has 0 spiro atoms. The summed E-state index contributed by atoms with van der Waals surface area (Å²) in [5.74, 6) is 1.26. The van der Waals surface area contributed by atoms with Gasteiger partial charge in [0.25, 0.3) is 0 Å². The molecule has 0 aromatic heterocycles. The first-order valence-corrected chi connectivity index (χ1v) is 7.54. The molecule has 0 aliphatic carbocycles. The molecule has 17 heavy (non-hydrogen) atoms. The van der Waals surface area contributed by atoms with E-state index in [1.54, 1.807) is 0 Å². The van der Waals surface area contributed by atoms with E-state index in [9.17, 15) is 4.79 Å². The minimum absolute atomic E-state index is 0.0512. The van der Waals surface area contributed by atoms with Crippen molar-refractivity contribution in [3.8, 4) is 0 Å². The maximum absolute atomic E-state index is 10.4. The number of unbranched alkanes of at least 4 members (excludes halogenated alkanes) is 1. The summed E-state index contributed by atoms with van der Waals surface area (Å²) in [7, 11) is 0. The van der Waals surface area contributed by atoms with Crippen LogP contribution in [-0.4, -0.2) is 33.8 Å². The fraction of sp³-hybridized carbons (Fsp3) is 0.923. The van der Waals surface area contributed by atoms with Crippen molar-refractivity contribution in [1.82, 2.24) is 0 Å². The highest BCUT2D eigenvalue weighted by Gasteiger charge is 2.47. The predicted molar refractivity (Wildman–Crippen MR) is 69.4 cm³/mol. The first kappa shape index (κ1) is 13.2. The minimum atomic E-state index is -0.680. The van der Waals surface area contributed by atoms with Gasteiger partial charge in [-0.1, -0.05) is 6.42 Å². The van der Waals surface area contributed by atoms with Gasteiger partial charge in [0, 0.05) is 11.7 Å². The Bertz CT molecular complexity index is 290. The Morgan fingerprint density at radius 2 is 2.24 bits per heavy atom. The third-order valence-corrected chi connectivity index (χ3v) is 5.25. The van der Waals surface area contributed by atoms with Crippen LogP contribution in [0.5, 0.6) is 0 Å². The van der Waals surface area contributed by atoms with Crippen molar-refractivity contribution in [2.24, 2.45) is 5.92 Å². The molecule has 0 bridgehead atoms. The molecule has 3 nitrogen and oxygen atoms in total. The SMILES string of the molecule is CC1(C)C[C@H]2CS[C@@H](CCCCC(=O)O)[C@H]2O1. The molecule has 3 atom stereocenters. The van der Waals surface area contributed by atoms with Gasteiger partial charge in [0.2, 0.25) is 0 Å². The number of hydrogen-bond acceptors (Lipinski definition) is 3. The summed E-state index contributed by atoms with van der Waals surface area (Å²) in [5.41, 5.74) is 0.0512. The second-order valence-corrected chi connectivity index (χ2v) is 7.09. The Hall–Kier alpha value is -0.220. The zero-order valence-electron chi connectivity index (χ0n) is 10.6. The highest BCUT2D eigenvalue weighted by atomic mass is 32.2. The lowest BCUT2D eigenvalue weighted by Crippen LogP contribution is -2.26. The molecule has 2 aliphatic heterocycles. The molecule has 98 valence electrons. The van der Waals surface area contributed by atoms with Crippen molar-refractivity contribution < 1.29 is 14.6 Å². The number of hydrogen-bond donors (Lipinski definition) is 1. The number of thioether (sulfide) groups is 1. The molecule has 0 aromatic carbocycles. The summed E-state index contributed by atoms with van der Waals surface area (Å²) in [4.78, 5) is 10.4. The highest BCUT2D eigenvalue weighted by molar-refractivity contribution is 8.00. The van der Waals surface area contributed by atoms with E-state index in [0.717, 1.165) is 25.2 Å². The lowest BCUT2D eigenvalue weighted by molar-refractivity contribution is -0.137. The van der Waals surface area contributed by atoms with E-state index < -0.39 is 5.97 Å². The molecule has 2 aliphatic rings. The number of fused-ring (bicyclic) bond motifs is 1. The van der Waals surface area contributed by atoms with E-state index in [1.165, 1.54) is 12.2 Å². The molecule has 2 fully saturated rings. The van der Waals surface area contributed by atoms with Crippen LogP contribution in [0.2, 0.25) is 0 Å². The van der Waals surface area contributed by atoms with Gasteiger partial charge in [-0.25, -0.2) is 0 Å². The average Bonchev–Trinajstić information content (AvgIpc) is 2.68. The van der Waals surface area contributed by atoms with Gasteiger partial charge in [-0.05, 0) is 44.8 Å². The third-order valence-electron chi connectivity index (χ3n) is 3.69. The van der Waals surface area contributed by atoms with Gasteiger partial charge in [0.05, 0.1) is 11.7 Å². The summed E-state index contributed by atoms with van der Waals surface area (Å²) in [5, 5.41) is 9.19. The van der Waals surface area contributed by atoms with E-state index in [-0.39, 0.29) is 5.60 Å². The molecule has 0 saturated carbocycles. The van der Waals surface area contributed by atoms with E-state index in [2.05, 4.69) is 13.8 Å². The normalized spacial score (nSPS) is 34.8. The molecule has 2 saturated heterocycles. The minimum Gasteiger partial charge on any atom is -0.481 e. The van der Waals surface area contributed by atoms with Gasteiger partial charge in [-0.3, -0.25) is 4.79 Å². The van der Waals surface area contributed by atoms with Crippen LogP contribution in [0.25, 0.3) is 0 Å². The van der Waals surface area contributed by atoms with Crippen LogP contribution in [0, 0.1) is 5.92 Å². The molecular weight excluding hydrogens is 236 g/mol. The van der Waals surface area contributed by atoms with Gasteiger partial charge in [0.15, 0.2) is 0 Å². The number of carboxylic acids is 1. The zero-order valence-corrected chi connectivity index (χ0v) is 11.5. The Kier molecular flexibility index (Phi) is 4.03. The molecule has 0 radical (unpaired) electrons. The second-order valence-electron chi connectivity index (χ2n) is 5.82. The number of carboxylic acid groups (broad SMARTS) is 1. The third kappa shape index (κ3) is 3.38. The van der Waals surface area contributed by atoms with E-state index in [4.69, 9.17) is 9.84 Å². The molecular formula is C13H22O3S. The van der Waals surface area contributed by atoms with Crippen LogP contribution in [0.15, 0.2) is 0 Å². The van der Waals surface area contributed by atoms with Gasteiger partial charge in [0.1, 0.15) is 0 Å². The van der Waals surface area contributed by atoms with Crippen molar-refractivity contribution in [3.05, 3.63) is 0 Å². The maximum Gasteiger partial charge on any atom is 0.303 e. The maximum atomic E-state index is 10.4. The Balaban J connectivity index is 1.74. The van der Waals surface area contributed by atoms with Gasteiger partial charge >= 0.3 is 5.97 Å². The smallest absolute Gasteiger partial charge is 0.303 e. The van der Waals surface area contributed by atoms with Crippen LogP contribution >= 0.6 is 11.8 Å². The van der Waals surface area contributed by atoms with Crippen LogP contribution in [0.4, 0.5) is 0 Å². The molecule has 2 heterocycles. The fourth-order valence-corrected chi connectivity index (χ4v) is 4.61. The second kappa shape index (κ2) is 5.19. The summed E-state index contributed by atoms with van der Waals surface area (Å²) in [6.07, 6.45) is 4.81. The largest absolute Gasteiger partial charge is 0.481 e. The lowest BCUT2D eigenvalue weighted by Gasteiger charge is -2.23. The quantitative estimate of drug-likeness (QED) is 0.770. The summed E-state index contributed by atoms with van der Waals surface area (Å²) in [6, 6.07) is 0. The number of carbonyl (C=O) groups is 1. The van der Waals surface area contributed by atoms with E-state index in [0.29, 0.717) is 17.8 Å². The Morgan fingerprint density at radius 1 is 1.47 bits per heavy atom. The van der Waals surface area contributed by atoms with Crippen LogP contribution in [0.1, 0.15) is 46.0 Å². The summed E-state index contributed by atoms with van der Waals surface area (Å²) < 4.78 is 6.13. The Labute approximate surface area is 107 Å². The highest BCUT2D eigenvalue weighted by Crippen LogP contribution is 2.47. The summed E-state index contributed by atoms with van der Waals surface area (Å²) in [6.45, 7) is 4.36. The standard InChI is InChI=1S/C13H22O3S/c1-13(2)7-9-8-17-10(12(9)16-13)5-3-4-6-11(14)15/h9-10,12H,3-8H2,1-2H3,(H,14,15)/t9-,10-,12-/m0/s1. The van der Waals surface area contributed by atoms with Gasteiger partial charge in [-0.2, -0.15) is 11.8 Å². The molecule has 4 heteroatoms. The summed E-state index contributed by atoms with van der Waals surface area (Å²) >= 11 is 2.02. The molecule has 2 rings (SSSR count). The number of rotatable bonds is 5. The van der Waals surface area contributed by atoms with Crippen molar-refractivity contribution >= 4 is 17.7 Å². The zero-order chi connectivity index (χ0) is 12.5. The van der Waals surface area contributed by atoms with Crippen LogP contribution < -0.4 is 0 Å². The number of ether oxygens (including phenoxy) is 1. The molecule has 0 unspecified atom stereocenters. The first-order chi connectivity index (χ1) is 7.98. The average molecular weight is 258 g/mol. The topological polar surface area (TPSA) is 46.5 Å². The number of aliphatic carboxylic acids is 1. The van der Waals surface area contributed by atoms with Crippen molar-refractivity contribution in [3.63, 3.8) is 0 Å². The van der Waals surface area contributed by atoms with Crippen LogP contribution in [-0.2, 0) is 9.53 Å². The Morgan fingerprint density at radius 3 is 2.94 bits per heavy atom. The van der Waals surface area contributed by atoms with Crippen molar-refractivity contribution in [2.75, 3.05) is 5.75 Å². The molecule has 1 N–H and O–H groups in total. The first-order valence-electron chi connectivity index (χ1n) is 6.49. The van der Waals surface area contributed by atoms with E-state index >= 15 is 0 Å². The van der Waals surface area contributed by atoms with Crippen molar-refractivity contribution in [2.45, 2.75) is 62.9 Å². The van der Waals surface area contributed by atoms with Gasteiger partial charge < -0.3 is 9.84 Å². The van der Waals surface area contributed by atoms with E-state index in [1.807, 2.05) is 11.8 Å².